The van der Waals surface area contributed by atoms with Crippen molar-refractivity contribution in [2.24, 2.45) is 0 Å². The van der Waals surface area contributed by atoms with Gasteiger partial charge >= 0.3 is 0 Å². The normalized spacial score (nSPS) is 10.3. The average Bonchev–Trinajstić information content (AvgIpc) is 2.59. The van der Waals surface area contributed by atoms with Crippen molar-refractivity contribution in [3.05, 3.63) is 30.0 Å². The van der Waals surface area contributed by atoms with Crippen LogP contribution in [-0.2, 0) is 6.54 Å². The Hall–Kier alpha value is -2.15. The van der Waals surface area contributed by atoms with Gasteiger partial charge in [0.25, 0.3) is 0 Å². The summed E-state index contributed by atoms with van der Waals surface area (Å²) in [4.78, 5) is 8.78. The van der Waals surface area contributed by atoms with Crippen molar-refractivity contribution < 1.29 is 9.47 Å². The lowest BCUT2D eigenvalue weighted by molar-refractivity contribution is 0.336. The zero-order chi connectivity index (χ0) is 16.7. The van der Waals surface area contributed by atoms with Gasteiger partial charge in [-0.2, -0.15) is 0 Å². The summed E-state index contributed by atoms with van der Waals surface area (Å²) >= 11 is 1.52. The Balaban J connectivity index is 2.15. The van der Waals surface area contributed by atoms with Gasteiger partial charge < -0.3 is 20.1 Å². The van der Waals surface area contributed by atoms with E-state index < -0.39 is 0 Å². The molecule has 0 saturated carbocycles. The van der Waals surface area contributed by atoms with E-state index in [1.165, 1.54) is 11.8 Å². The number of methoxy groups -OCH3 is 1. The lowest BCUT2D eigenvalue weighted by Crippen LogP contribution is -2.07. The summed E-state index contributed by atoms with van der Waals surface area (Å²) in [6.07, 6.45) is 3.79. The van der Waals surface area contributed by atoms with Crippen molar-refractivity contribution in [1.82, 2.24) is 9.97 Å². The second-order valence-corrected chi connectivity index (χ2v) is 5.44. The molecule has 23 heavy (non-hydrogen) atoms. The molecule has 2 N–H and O–H groups in total. The van der Waals surface area contributed by atoms with Crippen LogP contribution in [0.2, 0.25) is 0 Å². The molecule has 1 aromatic heterocycles. The van der Waals surface area contributed by atoms with Crippen molar-refractivity contribution in [3.63, 3.8) is 0 Å². The number of hydrogen-bond acceptors (Lipinski definition) is 7. The van der Waals surface area contributed by atoms with E-state index in [1.807, 2.05) is 44.6 Å². The van der Waals surface area contributed by atoms with E-state index in [2.05, 4.69) is 20.6 Å². The predicted octanol–water partition coefficient (Wildman–Crippen LogP) is 3.26. The molecule has 0 aliphatic rings. The van der Waals surface area contributed by atoms with E-state index in [0.717, 1.165) is 33.7 Å². The van der Waals surface area contributed by atoms with Gasteiger partial charge in [0.15, 0.2) is 5.16 Å². The fourth-order valence-electron chi connectivity index (χ4n) is 2.07. The number of ether oxygens (including phenoxy) is 2. The predicted molar refractivity (Wildman–Crippen MR) is 94.8 cm³/mol. The topological polar surface area (TPSA) is 68.3 Å². The summed E-state index contributed by atoms with van der Waals surface area (Å²) in [5.41, 5.74) is 1.91. The molecule has 0 fully saturated rings. The van der Waals surface area contributed by atoms with E-state index >= 15 is 0 Å². The van der Waals surface area contributed by atoms with E-state index in [-0.39, 0.29) is 0 Å². The number of rotatable bonds is 8. The number of benzene rings is 1. The molecule has 2 rings (SSSR count). The van der Waals surface area contributed by atoms with Crippen LogP contribution in [0.1, 0.15) is 12.5 Å². The van der Waals surface area contributed by atoms with Crippen LogP contribution in [-0.4, -0.2) is 37.0 Å². The highest BCUT2D eigenvalue weighted by atomic mass is 32.2. The van der Waals surface area contributed by atoms with Gasteiger partial charge in [-0.3, -0.25) is 0 Å². The van der Waals surface area contributed by atoms with Crippen LogP contribution in [0, 0.1) is 0 Å². The molecule has 0 unspecified atom stereocenters. The summed E-state index contributed by atoms with van der Waals surface area (Å²) in [6, 6.07) is 5.74. The molecule has 0 radical (unpaired) electrons. The summed E-state index contributed by atoms with van der Waals surface area (Å²) < 4.78 is 10.9. The van der Waals surface area contributed by atoms with Gasteiger partial charge in [-0.25, -0.2) is 9.97 Å². The van der Waals surface area contributed by atoms with Gasteiger partial charge in [0.05, 0.1) is 13.7 Å². The highest BCUT2D eigenvalue weighted by molar-refractivity contribution is 7.98. The molecule has 6 nitrogen and oxygen atoms in total. The minimum atomic E-state index is 0.601. The lowest BCUT2D eigenvalue weighted by Gasteiger charge is -2.13. The maximum absolute atomic E-state index is 5.56. The Labute approximate surface area is 141 Å². The largest absolute Gasteiger partial charge is 0.497 e. The molecule has 0 aliphatic heterocycles. The standard InChI is InChI=1S/C16H22N4O2S/c1-5-22-14-7-12(6-13(8-14)21-3)18-9-11-10-19-16(23-4)20-15(11)17-2/h6-8,10,18H,5,9H2,1-4H3,(H,17,19,20). The van der Waals surface area contributed by atoms with Gasteiger partial charge in [-0.05, 0) is 13.2 Å². The van der Waals surface area contributed by atoms with Crippen LogP contribution < -0.4 is 20.1 Å². The Bertz CT molecular complexity index is 652. The van der Waals surface area contributed by atoms with Crippen molar-refractivity contribution in [3.8, 4) is 11.5 Å². The maximum Gasteiger partial charge on any atom is 0.189 e. The Morgan fingerprint density at radius 3 is 2.65 bits per heavy atom. The highest BCUT2D eigenvalue weighted by Crippen LogP contribution is 2.27. The number of nitrogens with one attached hydrogen (secondary N) is 2. The molecular formula is C16H22N4O2S. The first kappa shape index (κ1) is 17.2. The minimum absolute atomic E-state index is 0.601. The Kier molecular flexibility index (Phi) is 6.34. The zero-order valence-corrected chi connectivity index (χ0v) is 14.7. The third kappa shape index (κ3) is 4.66. The molecule has 0 aliphatic carbocycles. The molecule has 0 bridgehead atoms. The number of hydrogen-bond donors (Lipinski definition) is 2. The quantitative estimate of drug-likeness (QED) is 0.567. The monoisotopic (exact) mass is 334 g/mol. The molecule has 124 valence electrons. The van der Waals surface area contributed by atoms with Crippen molar-refractivity contribution in [1.29, 1.82) is 0 Å². The van der Waals surface area contributed by atoms with Crippen LogP contribution in [0.15, 0.2) is 29.6 Å². The second kappa shape index (κ2) is 8.47. The number of thioether (sulfide) groups is 1. The maximum atomic E-state index is 5.56. The first-order valence-corrected chi connectivity index (χ1v) is 8.56. The molecule has 0 saturated heterocycles. The van der Waals surface area contributed by atoms with Crippen LogP contribution >= 0.6 is 11.8 Å². The minimum Gasteiger partial charge on any atom is -0.497 e. The average molecular weight is 334 g/mol. The van der Waals surface area contributed by atoms with Gasteiger partial charge in [0.2, 0.25) is 0 Å². The smallest absolute Gasteiger partial charge is 0.189 e. The molecule has 0 spiro atoms. The molecule has 0 amide bonds. The fourth-order valence-corrected chi connectivity index (χ4v) is 2.41. The molecule has 7 heteroatoms. The zero-order valence-electron chi connectivity index (χ0n) is 13.8. The van der Waals surface area contributed by atoms with Crippen molar-refractivity contribution in [2.45, 2.75) is 18.6 Å². The van der Waals surface area contributed by atoms with Crippen LogP contribution in [0.5, 0.6) is 11.5 Å². The summed E-state index contributed by atoms with van der Waals surface area (Å²) in [5, 5.41) is 7.22. The van der Waals surface area contributed by atoms with Crippen LogP contribution in [0.3, 0.4) is 0 Å². The SMILES string of the molecule is CCOc1cc(NCc2cnc(SC)nc2NC)cc(OC)c1. The summed E-state index contributed by atoms with van der Waals surface area (Å²) in [6.45, 7) is 3.17. The first-order valence-electron chi connectivity index (χ1n) is 7.33. The molecule has 2 aromatic rings. The number of nitrogens with zero attached hydrogens (tertiary/aromatic N) is 2. The van der Waals surface area contributed by atoms with Gasteiger partial charge in [-0.1, -0.05) is 11.8 Å². The van der Waals surface area contributed by atoms with E-state index in [9.17, 15) is 0 Å². The Morgan fingerprint density at radius 1 is 1.22 bits per heavy atom. The van der Waals surface area contributed by atoms with E-state index in [1.54, 1.807) is 7.11 Å². The van der Waals surface area contributed by atoms with Gasteiger partial charge in [0, 0.05) is 49.2 Å². The van der Waals surface area contributed by atoms with Crippen molar-refractivity contribution >= 4 is 23.3 Å². The van der Waals surface area contributed by atoms with Gasteiger partial charge in [0.1, 0.15) is 17.3 Å². The first-order chi connectivity index (χ1) is 11.2. The molecule has 0 atom stereocenters. The van der Waals surface area contributed by atoms with Gasteiger partial charge in [-0.15, -0.1) is 0 Å². The van der Waals surface area contributed by atoms with Crippen molar-refractivity contribution in [2.75, 3.05) is 37.7 Å². The third-order valence-corrected chi connectivity index (χ3v) is 3.73. The van der Waals surface area contributed by atoms with E-state index in [0.29, 0.717) is 13.2 Å². The second-order valence-electron chi connectivity index (χ2n) is 4.66. The summed E-state index contributed by atoms with van der Waals surface area (Å²) in [7, 11) is 3.50. The number of aromatic nitrogens is 2. The van der Waals surface area contributed by atoms with Crippen LogP contribution in [0.25, 0.3) is 0 Å². The van der Waals surface area contributed by atoms with Crippen LogP contribution in [0.4, 0.5) is 11.5 Å². The Morgan fingerprint density at radius 2 is 2.00 bits per heavy atom. The fraction of sp³-hybridized carbons (Fsp3) is 0.375. The molecular weight excluding hydrogens is 312 g/mol. The molecule has 1 heterocycles. The molecule has 1 aromatic carbocycles. The number of anilines is 2. The highest BCUT2D eigenvalue weighted by Gasteiger charge is 2.07. The van der Waals surface area contributed by atoms with E-state index in [4.69, 9.17) is 9.47 Å². The summed E-state index contributed by atoms with van der Waals surface area (Å²) in [5.74, 6) is 2.35. The lowest BCUT2D eigenvalue weighted by atomic mass is 10.2. The third-order valence-electron chi connectivity index (χ3n) is 3.17.